The molecule has 0 aliphatic carbocycles. The summed E-state index contributed by atoms with van der Waals surface area (Å²) in [5, 5.41) is 2.81. The fourth-order valence-corrected chi connectivity index (χ4v) is 1.86. The first-order chi connectivity index (χ1) is 7.96. The Kier molecular flexibility index (Phi) is 2.93. The first-order valence-corrected chi connectivity index (χ1v) is 7.08. The number of hydrogen-bond donors (Lipinski definition) is 2. The average molecular weight is 255 g/mol. The lowest BCUT2D eigenvalue weighted by Crippen LogP contribution is -2.14. The van der Waals surface area contributed by atoms with Crippen LogP contribution in [0, 0.1) is 0 Å². The quantitative estimate of drug-likeness (QED) is 0.786. The Balaban J connectivity index is 2.12. The molecule has 0 spiro atoms. The normalized spacial score (nSPS) is 11.8. The van der Waals surface area contributed by atoms with Gasteiger partial charge in [-0.2, -0.15) is 4.98 Å². The SMILES string of the molecule is CS(=O)(=O)CCNc1nc2c(N)cccc2o1. The molecule has 1 aromatic carbocycles. The fourth-order valence-electron chi connectivity index (χ4n) is 1.39. The zero-order valence-corrected chi connectivity index (χ0v) is 10.1. The largest absolute Gasteiger partial charge is 0.423 e. The van der Waals surface area contributed by atoms with Crippen molar-refractivity contribution in [3.63, 3.8) is 0 Å². The van der Waals surface area contributed by atoms with Crippen LogP contribution < -0.4 is 11.1 Å². The van der Waals surface area contributed by atoms with Crippen LogP contribution in [0.4, 0.5) is 11.7 Å². The van der Waals surface area contributed by atoms with Gasteiger partial charge in [-0.1, -0.05) is 6.07 Å². The zero-order chi connectivity index (χ0) is 12.5. The summed E-state index contributed by atoms with van der Waals surface area (Å²) in [6.45, 7) is 0.256. The van der Waals surface area contributed by atoms with Gasteiger partial charge in [-0.3, -0.25) is 0 Å². The van der Waals surface area contributed by atoms with E-state index < -0.39 is 9.84 Å². The molecule has 0 saturated heterocycles. The van der Waals surface area contributed by atoms with E-state index in [9.17, 15) is 8.42 Å². The predicted molar refractivity (Wildman–Crippen MR) is 66.6 cm³/mol. The van der Waals surface area contributed by atoms with E-state index >= 15 is 0 Å². The summed E-state index contributed by atoms with van der Waals surface area (Å²) in [7, 11) is -2.99. The van der Waals surface area contributed by atoms with Crippen LogP contribution in [0.5, 0.6) is 0 Å². The van der Waals surface area contributed by atoms with Gasteiger partial charge in [0.05, 0.1) is 11.4 Å². The summed E-state index contributed by atoms with van der Waals surface area (Å²) >= 11 is 0. The average Bonchev–Trinajstić information content (AvgIpc) is 2.60. The topological polar surface area (TPSA) is 98.2 Å². The van der Waals surface area contributed by atoms with Crippen LogP contribution in [-0.2, 0) is 9.84 Å². The Hall–Kier alpha value is -1.76. The van der Waals surface area contributed by atoms with Gasteiger partial charge in [0, 0.05) is 12.8 Å². The number of nitrogens with one attached hydrogen (secondary N) is 1. The maximum atomic E-state index is 10.9. The molecule has 1 heterocycles. The molecule has 3 N–H and O–H groups in total. The highest BCUT2D eigenvalue weighted by Gasteiger charge is 2.08. The zero-order valence-electron chi connectivity index (χ0n) is 9.30. The summed E-state index contributed by atoms with van der Waals surface area (Å²) in [5.74, 6) is 0.0290. The number of anilines is 2. The lowest BCUT2D eigenvalue weighted by atomic mass is 10.3. The Bertz CT molecular complexity index is 633. The van der Waals surface area contributed by atoms with Crippen molar-refractivity contribution < 1.29 is 12.8 Å². The Morgan fingerprint density at radius 2 is 2.24 bits per heavy atom. The number of hydrogen-bond acceptors (Lipinski definition) is 6. The standard InChI is InChI=1S/C10H13N3O3S/c1-17(14,15)6-5-12-10-13-9-7(11)3-2-4-8(9)16-10/h2-4H,5-6,11H2,1H3,(H,12,13). The summed E-state index contributed by atoms with van der Waals surface area (Å²) in [5.41, 5.74) is 7.41. The van der Waals surface area contributed by atoms with E-state index in [-0.39, 0.29) is 18.3 Å². The molecule has 0 unspecified atom stereocenters. The van der Waals surface area contributed by atoms with Crippen LogP contribution in [0.3, 0.4) is 0 Å². The molecule has 0 saturated carbocycles. The molecule has 0 radical (unpaired) electrons. The van der Waals surface area contributed by atoms with E-state index in [1.807, 2.05) is 0 Å². The smallest absolute Gasteiger partial charge is 0.295 e. The molecular weight excluding hydrogens is 242 g/mol. The van der Waals surface area contributed by atoms with Gasteiger partial charge in [-0.15, -0.1) is 0 Å². The van der Waals surface area contributed by atoms with Gasteiger partial charge in [0.1, 0.15) is 15.4 Å². The molecule has 0 amide bonds. The lowest BCUT2D eigenvalue weighted by molar-refractivity contribution is 0.599. The first kappa shape index (κ1) is 11.7. The number of benzene rings is 1. The minimum Gasteiger partial charge on any atom is -0.423 e. The molecule has 2 rings (SSSR count). The minimum absolute atomic E-state index is 0.0290. The Labute approximate surface area is 98.7 Å². The number of nitrogens with zero attached hydrogens (tertiary/aromatic N) is 1. The van der Waals surface area contributed by atoms with E-state index in [2.05, 4.69) is 10.3 Å². The molecule has 0 atom stereocenters. The third-order valence-corrected chi connectivity index (χ3v) is 3.14. The monoisotopic (exact) mass is 255 g/mol. The number of aromatic nitrogens is 1. The van der Waals surface area contributed by atoms with Crippen molar-refractivity contribution in [1.29, 1.82) is 0 Å². The molecule has 1 aromatic heterocycles. The summed E-state index contributed by atoms with van der Waals surface area (Å²) in [6.07, 6.45) is 1.18. The summed E-state index contributed by atoms with van der Waals surface area (Å²) < 4.78 is 27.2. The van der Waals surface area contributed by atoms with Gasteiger partial charge < -0.3 is 15.5 Å². The second kappa shape index (κ2) is 4.25. The van der Waals surface area contributed by atoms with Crippen LogP contribution in [-0.4, -0.2) is 32.0 Å². The van der Waals surface area contributed by atoms with E-state index in [1.165, 1.54) is 6.26 Å². The van der Waals surface area contributed by atoms with Gasteiger partial charge in [0.15, 0.2) is 5.58 Å². The van der Waals surface area contributed by atoms with E-state index in [1.54, 1.807) is 18.2 Å². The molecule has 6 nitrogen and oxygen atoms in total. The molecule has 0 fully saturated rings. The number of para-hydroxylation sites is 1. The third kappa shape index (κ3) is 2.88. The van der Waals surface area contributed by atoms with Crippen molar-refractivity contribution in [3.05, 3.63) is 18.2 Å². The summed E-state index contributed by atoms with van der Waals surface area (Å²) in [6, 6.07) is 5.52. The van der Waals surface area contributed by atoms with E-state index in [0.29, 0.717) is 16.8 Å². The maximum absolute atomic E-state index is 10.9. The Morgan fingerprint density at radius 1 is 1.47 bits per heavy atom. The lowest BCUT2D eigenvalue weighted by Gasteiger charge is -1.98. The van der Waals surface area contributed by atoms with Crippen molar-refractivity contribution >= 4 is 32.6 Å². The minimum atomic E-state index is -2.99. The molecular formula is C10H13N3O3S. The van der Waals surface area contributed by atoms with Gasteiger partial charge in [-0.25, -0.2) is 8.42 Å². The molecule has 0 aliphatic heterocycles. The van der Waals surface area contributed by atoms with Crippen molar-refractivity contribution in [2.75, 3.05) is 29.6 Å². The van der Waals surface area contributed by atoms with Crippen LogP contribution in [0.25, 0.3) is 11.1 Å². The molecule has 17 heavy (non-hydrogen) atoms. The number of nitrogens with two attached hydrogens (primary N) is 1. The molecule has 0 aliphatic rings. The van der Waals surface area contributed by atoms with Crippen molar-refractivity contribution in [3.8, 4) is 0 Å². The van der Waals surface area contributed by atoms with Crippen LogP contribution in [0.2, 0.25) is 0 Å². The highest BCUT2D eigenvalue weighted by molar-refractivity contribution is 7.90. The highest BCUT2D eigenvalue weighted by atomic mass is 32.2. The number of oxazole rings is 1. The van der Waals surface area contributed by atoms with Gasteiger partial charge >= 0.3 is 0 Å². The van der Waals surface area contributed by atoms with Crippen LogP contribution >= 0.6 is 0 Å². The first-order valence-electron chi connectivity index (χ1n) is 5.02. The van der Waals surface area contributed by atoms with Crippen LogP contribution in [0.1, 0.15) is 0 Å². The van der Waals surface area contributed by atoms with Crippen molar-refractivity contribution in [1.82, 2.24) is 4.98 Å². The second-order valence-corrected chi connectivity index (χ2v) is 6.03. The number of fused-ring (bicyclic) bond motifs is 1. The number of sulfone groups is 1. The fraction of sp³-hybridized carbons (Fsp3) is 0.300. The van der Waals surface area contributed by atoms with Gasteiger partial charge in [0.25, 0.3) is 6.01 Å². The van der Waals surface area contributed by atoms with Gasteiger partial charge in [-0.05, 0) is 12.1 Å². The van der Waals surface area contributed by atoms with Gasteiger partial charge in [0.2, 0.25) is 0 Å². The van der Waals surface area contributed by atoms with E-state index in [0.717, 1.165) is 0 Å². The van der Waals surface area contributed by atoms with Crippen molar-refractivity contribution in [2.24, 2.45) is 0 Å². The Morgan fingerprint density at radius 3 is 2.88 bits per heavy atom. The number of nitrogen functional groups attached to an aromatic ring is 1. The van der Waals surface area contributed by atoms with E-state index in [4.69, 9.17) is 10.2 Å². The molecule has 7 heteroatoms. The van der Waals surface area contributed by atoms with Crippen molar-refractivity contribution in [2.45, 2.75) is 0 Å². The number of rotatable bonds is 4. The second-order valence-electron chi connectivity index (χ2n) is 3.77. The van der Waals surface area contributed by atoms with Crippen LogP contribution in [0.15, 0.2) is 22.6 Å². The molecule has 0 bridgehead atoms. The third-order valence-electron chi connectivity index (χ3n) is 2.20. The molecule has 92 valence electrons. The highest BCUT2D eigenvalue weighted by Crippen LogP contribution is 2.23. The maximum Gasteiger partial charge on any atom is 0.295 e. The summed E-state index contributed by atoms with van der Waals surface area (Å²) in [4.78, 5) is 4.13. The molecule has 2 aromatic rings. The predicted octanol–water partition coefficient (Wildman–Crippen LogP) is 0.866.